The number of aromatic nitrogens is 1. The van der Waals surface area contributed by atoms with Crippen LogP contribution in [0.25, 0.3) is 0 Å². The molecule has 0 aliphatic carbocycles. The van der Waals surface area contributed by atoms with Gasteiger partial charge in [-0.15, -0.1) is 0 Å². The van der Waals surface area contributed by atoms with E-state index >= 15 is 0 Å². The van der Waals surface area contributed by atoms with E-state index in [-0.39, 0.29) is 24.8 Å². The summed E-state index contributed by atoms with van der Waals surface area (Å²) in [7, 11) is 1.54. The molecular weight excluding hydrogens is 337 g/mol. The molecular formula is C19H22FN3O3. The zero-order chi connectivity index (χ0) is 19.1. The fourth-order valence-electron chi connectivity index (χ4n) is 2.48. The number of hydrogen-bond acceptors (Lipinski definition) is 4. The second-order valence-electron chi connectivity index (χ2n) is 5.86. The Morgan fingerprint density at radius 3 is 2.50 bits per heavy atom. The molecule has 2 aromatic rings. The van der Waals surface area contributed by atoms with Gasteiger partial charge in [0.15, 0.2) is 0 Å². The summed E-state index contributed by atoms with van der Waals surface area (Å²) < 4.78 is 18.1. The predicted molar refractivity (Wildman–Crippen MR) is 95.5 cm³/mol. The van der Waals surface area contributed by atoms with Gasteiger partial charge in [0.05, 0.1) is 7.11 Å². The fraction of sp³-hybridized carbons (Fsp3) is 0.316. The number of nitrogens with zero attached hydrogens (tertiary/aromatic N) is 1. The highest BCUT2D eigenvalue weighted by molar-refractivity contribution is 5.94. The zero-order valence-electron chi connectivity index (χ0n) is 15.1. The molecule has 7 heteroatoms. The molecule has 6 nitrogen and oxygen atoms in total. The van der Waals surface area contributed by atoms with E-state index in [4.69, 9.17) is 4.74 Å². The molecule has 2 amide bonds. The number of carbonyl (C=O) groups excluding carboxylic acids is 2. The van der Waals surface area contributed by atoms with Gasteiger partial charge in [-0.3, -0.25) is 9.59 Å². The fourth-order valence-corrected chi connectivity index (χ4v) is 2.48. The SMILES string of the molecule is COc1nc(C)cc(C)c1CNC(=O)CCNC(=O)c1ccc(F)cc1. The van der Waals surface area contributed by atoms with Crippen LogP contribution in [0, 0.1) is 19.7 Å². The summed E-state index contributed by atoms with van der Waals surface area (Å²) in [5, 5.41) is 5.42. The molecule has 2 rings (SSSR count). The Morgan fingerprint density at radius 1 is 1.15 bits per heavy atom. The number of nitrogens with one attached hydrogen (secondary N) is 2. The summed E-state index contributed by atoms with van der Waals surface area (Å²) in [6.45, 7) is 4.29. The maximum absolute atomic E-state index is 12.8. The highest BCUT2D eigenvalue weighted by Gasteiger charge is 2.11. The molecule has 1 aromatic heterocycles. The maximum atomic E-state index is 12.8. The third kappa shape index (κ3) is 5.27. The molecule has 1 aromatic carbocycles. The van der Waals surface area contributed by atoms with Gasteiger partial charge in [0.1, 0.15) is 5.82 Å². The number of ether oxygens (including phenoxy) is 1. The number of benzene rings is 1. The number of halogens is 1. The van der Waals surface area contributed by atoms with Crippen LogP contribution in [0.3, 0.4) is 0 Å². The second kappa shape index (κ2) is 8.94. The molecule has 2 N–H and O–H groups in total. The normalized spacial score (nSPS) is 10.3. The average molecular weight is 359 g/mol. The molecule has 0 radical (unpaired) electrons. The first-order valence-corrected chi connectivity index (χ1v) is 8.22. The van der Waals surface area contributed by atoms with Gasteiger partial charge in [-0.25, -0.2) is 9.37 Å². The van der Waals surface area contributed by atoms with Crippen molar-refractivity contribution in [3.05, 3.63) is 58.5 Å². The molecule has 0 atom stereocenters. The lowest BCUT2D eigenvalue weighted by molar-refractivity contribution is -0.121. The van der Waals surface area contributed by atoms with Crippen molar-refractivity contribution in [2.45, 2.75) is 26.8 Å². The van der Waals surface area contributed by atoms with Gasteiger partial charge in [-0.1, -0.05) is 0 Å². The lowest BCUT2D eigenvalue weighted by atomic mass is 10.1. The summed E-state index contributed by atoms with van der Waals surface area (Å²) in [6.07, 6.45) is 0.133. The minimum Gasteiger partial charge on any atom is -0.481 e. The lowest BCUT2D eigenvalue weighted by Crippen LogP contribution is -2.30. The van der Waals surface area contributed by atoms with Crippen LogP contribution in [-0.4, -0.2) is 30.5 Å². The molecule has 26 heavy (non-hydrogen) atoms. The Bertz CT molecular complexity index is 791. The molecule has 0 spiro atoms. The molecule has 0 fully saturated rings. The third-order valence-electron chi connectivity index (χ3n) is 3.84. The minimum absolute atomic E-state index is 0.133. The molecule has 0 bridgehead atoms. The van der Waals surface area contributed by atoms with E-state index < -0.39 is 5.82 Å². The van der Waals surface area contributed by atoms with E-state index in [9.17, 15) is 14.0 Å². The van der Waals surface area contributed by atoms with E-state index in [0.717, 1.165) is 16.8 Å². The van der Waals surface area contributed by atoms with Crippen LogP contribution in [-0.2, 0) is 11.3 Å². The van der Waals surface area contributed by atoms with E-state index in [2.05, 4.69) is 15.6 Å². The van der Waals surface area contributed by atoms with Crippen molar-refractivity contribution < 1.29 is 18.7 Å². The second-order valence-corrected chi connectivity index (χ2v) is 5.86. The van der Waals surface area contributed by atoms with Crippen molar-refractivity contribution in [1.82, 2.24) is 15.6 Å². The molecule has 138 valence electrons. The van der Waals surface area contributed by atoms with Crippen molar-refractivity contribution in [3.63, 3.8) is 0 Å². The number of amides is 2. The minimum atomic E-state index is -0.405. The molecule has 0 saturated carbocycles. The molecule has 1 heterocycles. The van der Waals surface area contributed by atoms with Crippen LogP contribution < -0.4 is 15.4 Å². The van der Waals surface area contributed by atoms with Crippen molar-refractivity contribution in [1.29, 1.82) is 0 Å². The van der Waals surface area contributed by atoms with Gasteiger partial charge in [0.2, 0.25) is 11.8 Å². The quantitative estimate of drug-likeness (QED) is 0.795. The summed E-state index contributed by atoms with van der Waals surface area (Å²) >= 11 is 0. The Hall–Kier alpha value is -2.96. The number of methoxy groups -OCH3 is 1. The standard InChI is InChI=1S/C19H22FN3O3/c1-12-10-13(2)23-19(26-3)16(12)11-22-17(24)8-9-21-18(25)14-4-6-15(20)7-5-14/h4-7,10H,8-9,11H2,1-3H3,(H,21,25)(H,22,24). The molecule has 0 unspecified atom stereocenters. The number of aryl methyl sites for hydroxylation is 2. The topological polar surface area (TPSA) is 80.3 Å². The van der Waals surface area contributed by atoms with Crippen LogP contribution in [0.4, 0.5) is 4.39 Å². The Labute approximate surface area is 151 Å². The van der Waals surface area contributed by atoms with E-state index in [1.807, 2.05) is 19.9 Å². The average Bonchev–Trinajstić information content (AvgIpc) is 2.60. The monoisotopic (exact) mass is 359 g/mol. The van der Waals surface area contributed by atoms with Crippen LogP contribution >= 0.6 is 0 Å². The van der Waals surface area contributed by atoms with Crippen LogP contribution in [0.1, 0.15) is 33.6 Å². The third-order valence-corrected chi connectivity index (χ3v) is 3.84. The molecule has 0 aliphatic rings. The number of hydrogen-bond donors (Lipinski definition) is 2. The smallest absolute Gasteiger partial charge is 0.251 e. The summed E-state index contributed by atoms with van der Waals surface area (Å²) in [6, 6.07) is 7.14. The Kier molecular flexibility index (Phi) is 6.66. The highest BCUT2D eigenvalue weighted by Crippen LogP contribution is 2.20. The number of rotatable bonds is 7. The van der Waals surface area contributed by atoms with Gasteiger partial charge >= 0.3 is 0 Å². The first kappa shape index (κ1) is 19.4. The van der Waals surface area contributed by atoms with E-state index in [1.54, 1.807) is 0 Å². The zero-order valence-corrected chi connectivity index (χ0v) is 15.1. The van der Waals surface area contributed by atoms with Crippen molar-refractivity contribution >= 4 is 11.8 Å². The maximum Gasteiger partial charge on any atom is 0.251 e. The largest absolute Gasteiger partial charge is 0.481 e. The first-order valence-electron chi connectivity index (χ1n) is 8.22. The van der Waals surface area contributed by atoms with E-state index in [1.165, 1.54) is 31.4 Å². The van der Waals surface area contributed by atoms with Crippen molar-refractivity contribution in [2.24, 2.45) is 0 Å². The van der Waals surface area contributed by atoms with Crippen LogP contribution in [0.5, 0.6) is 5.88 Å². The number of pyridine rings is 1. The summed E-state index contributed by atoms with van der Waals surface area (Å²) in [5.74, 6) is -0.464. The summed E-state index contributed by atoms with van der Waals surface area (Å²) in [4.78, 5) is 28.2. The van der Waals surface area contributed by atoms with Crippen molar-refractivity contribution in [2.75, 3.05) is 13.7 Å². The van der Waals surface area contributed by atoms with Crippen LogP contribution in [0.2, 0.25) is 0 Å². The molecule has 0 aliphatic heterocycles. The van der Waals surface area contributed by atoms with E-state index in [0.29, 0.717) is 18.0 Å². The highest BCUT2D eigenvalue weighted by atomic mass is 19.1. The van der Waals surface area contributed by atoms with Gasteiger partial charge in [-0.05, 0) is 49.7 Å². The van der Waals surface area contributed by atoms with Crippen molar-refractivity contribution in [3.8, 4) is 5.88 Å². The Balaban J connectivity index is 1.81. The molecule has 0 saturated heterocycles. The number of carbonyl (C=O) groups is 2. The summed E-state index contributed by atoms with van der Waals surface area (Å²) in [5.41, 5.74) is 3.00. The van der Waals surface area contributed by atoms with Crippen LogP contribution in [0.15, 0.2) is 30.3 Å². The van der Waals surface area contributed by atoms with Gasteiger partial charge in [0, 0.05) is 36.3 Å². The predicted octanol–water partition coefficient (Wildman–Crippen LogP) is 2.28. The van der Waals surface area contributed by atoms with Gasteiger partial charge in [-0.2, -0.15) is 0 Å². The van der Waals surface area contributed by atoms with Gasteiger partial charge < -0.3 is 15.4 Å². The first-order chi connectivity index (χ1) is 12.4. The Morgan fingerprint density at radius 2 is 1.85 bits per heavy atom. The lowest BCUT2D eigenvalue weighted by Gasteiger charge is -2.13. The van der Waals surface area contributed by atoms with Gasteiger partial charge in [0.25, 0.3) is 5.91 Å².